The molecule has 4 rings (SSSR count). The van der Waals surface area contributed by atoms with E-state index in [0.29, 0.717) is 0 Å². The predicted molar refractivity (Wildman–Crippen MR) is 143 cm³/mol. The van der Waals surface area contributed by atoms with Gasteiger partial charge >= 0.3 is 0 Å². The molecule has 37 heavy (non-hydrogen) atoms. The third-order valence-electron chi connectivity index (χ3n) is 6.91. The standard InChI is InChI=1S/C31H29NO5/c1-36-30(37-2,22-29(33)27-20-12-13-21-28(27)32(34)35)23-31(24-14-6-3-7-15-24,25-16-8-4-9-17-25)26-18-10-5-11-19-26/h3-21H,22-23H2,1-2H3. The van der Waals surface area contributed by atoms with Gasteiger partial charge in [-0.25, -0.2) is 0 Å². The van der Waals surface area contributed by atoms with E-state index >= 15 is 0 Å². The van der Waals surface area contributed by atoms with Crippen molar-refractivity contribution in [3.05, 3.63) is 148 Å². The zero-order chi connectivity index (χ0) is 26.3. The van der Waals surface area contributed by atoms with Crippen molar-refractivity contribution >= 4 is 11.5 Å². The van der Waals surface area contributed by atoms with Crippen molar-refractivity contribution in [2.75, 3.05) is 14.2 Å². The molecule has 0 bridgehead atoms. The molecule has 0 radical (unpaired) electrons. The molecule has 0 spiro atoms. The van der Waals surface area contributed by atoms with Crippen LogP contribution in [-0.2, 0) is 14.9 Å². The number of para-hydroxylation sites is 1. The molecular weight excluding hydrogens is 466 g/mol. The lowest BCUT2D eigenvalue weighted by Crippen LogP contribution is -2.45. The summed E-state index contributed by atoms with van der Waals surface area (Å²) in [5.74, 6) is -1.82. The van der Waals surface area contributed by atoms with E-state index in [1.165, 1.54) is 26.4 Å². The number of carbonyl (C=O) groups excluding carboxylic acids is 1. The molecule has 0 aliphatic rings. The maximum Gasteiger partial charge on any atom is 0.280 e. The van der Waals surface area contributed by atoms with Gasteiger partial charge in [-0.1, -0.05) is 103 Å². The highest BCUT2D eigenvalue weighted by molar-refractivity contribution is 6.00. The van der Waals surface area contributed by atoms with E-state index in [9.17, 15) is 14.9 Å². The molecule has 0 heterocycles. The lowest BCUT2D eigenvalue weighted by Gasteiger charge is -2.43. The van der Waals surface area contributed by atoms with Gasteiger partial charge in [-0.3, -0.25) is 14.9 Å². The van der Waals surface area contributed by atoms with Crippen molar-refractivity contribution in [3.63, 3.8) is 0 Å². The van der Waals surface area contributed by atoms with Crippen LogP contribution < -0.4 is 0 Å². The number of ketones is 1. The Morgan fingerprint density at radius 2 is 1.11 bits per heavy atom. The second-order valence-corrected chi connectivity index (χ2v) is 8.87. The molecule has 0 saturated carbocycles. The quantitative estimate of drug-likeness (QED) is 0.0772. The van der Waals surface area contributed by atoms with Gasteiger partial charge in [0.15, 0.2) is 11.6 Å². The largest absolute Gasteiger partial charge is 0.353 e. The van der Waals surface area contributed by atoms with Crippen molar-refractivity contribution in [1.82, 2.24) is 0 Å². The Morgan fingerprint density at radius 1 is 0.703 bits per heavy atom. The number of carbonyl (C=O) groups is 1. The Hall–Kier alpha value is -4.13. The summed E-state index contributed by atoms with van der Waals surface area (Å²) >= 11 is 0. The minimum absolute atomic E-state index is 0.0238. The first-order valence-corrected chi connectivity index (χ1v) is 12.0. The number of nitro benzene ring substituents is 1. The van der Waals surface area contributed by atoms with Gasteiger partial charge < -0.3 is 9.47 Å². The van der Waals surface area contributed by atoms with Crippen LogP contribution in [0.1, 0.15) is 39.9 Å². The highest BCUT2D eigenvalue weighted by Crippen LogP contribution is 2.47. The maximum absolute atomic E-state index is 13.5. The molecule has 188 valence electrons. The van der Waals surface area contributed by atoms with Crippen molar-refractivity contribution in [3.8, 4) is 0 Å². The van der Waals surface area contributed by atoms with Crippen LogP contribution >= 0.6 is 0 Å². The third-order valence-corrected chi connectivity index (χ3v) is 6.91. The van der Waals surface area contributed by atoms with Gasteiger partial charge in [0.05, 0.1) is 22.3 Å². The molecule has 6 nitrogen and oxygen atoms in total. The summed E-state index contributed by atoms with van der Waals surface area (Å²) in [6.45, 7) is 0. The fourth-order valence-electron chi connectivity index (χ4n) is 5.02. The molecule has 4 aromatic rings. The molecule has 0 aliphatic heterocycles. The van der Waals surface area contributed by atoms with Gasteiger partial charge in [-0.2, -0.15) is 0 Å². The molecule has 0 atom stereocenters. The Bertz CT molecular complexity index is 1240. The van der Waals surface area contributed by atoms with E-state index in [1.54, 1.807) is 12.1 Å². The Balaban J connectivity index is 1.89. The number of methoxy groups -OCH3 is 2. The Labute approximate surface area is 216 Å². The second kappa shape index (κ2) is 11.3. The first kappa shape index (κ1) is 25.9. The molecule has 0 amide bonds. The highest BCUT2D eigenvalue weighted by atomic mass is 16.7. The van der Waals surface area contributed by atoms with Crippen molar-refractivity contribution in [2.45, 2.75) is 24.0 Å². The SMILES string of the molecule is COC(CC(=O)c1ccccc1[N+](=O)[O-])(CC(c1ccccc1)(c1ccccc1)c1ccccc1)OC. The van der Waals surface area contributed by atoms with Crippen molar-refractivity contribution in [1.29, 1.82) is 0 Å². The summed E-state index contributed by atoms with van der Waals surface area (Å²) in [6.07, 6.45) is 0.0382. The topological polar surface area (TPSA) is 78.7 Å². The lowest BCUT2D eigenvalue weighted by atomic mass is 9.65. The van der Waals surface area contributed by atoms with Crippen molar-refractivity contribution in [2.24, 2.45) is 0 Å². The molecule has 0 aromatic heterocycles. The van der Waals surface area contributed by atoms with E-state index in [0.717, 1.165) is 16.7 Å². The van der Waals surface area contributed by atoms with E-state index in [-0.39, 0.29) is 24.1 Å². The number of nitro groups is 1. The first-order chi connectivity index (χ1) is 18.0. The number of rotatable bonds is 11. The molecule has 0 saturated heterocycles. The molecule has 0 N–H and O–H groups in total. The molecule has 0 fully saturated rings. The van der Waals surface area contributed by atoms with E-state index in [1.807, 2.05) is 54.6 Å². The third kappa shape index (κ3) is 5.21. The van der Waals surface area contributed by atoms with Gasteiger partial charge in [0.1, 0.15) is 0 Å². The molecule has 4 aromatic carbocycles. The molecular formula is C31H29NO5. The first-order valence-electron chi connectivity index (χ1n) is 12.0. The molecule has 0 unspecified atom stereocenters. The van der Waals surface area contributed by atoms with Crippen LogP contribution in [0.25, 0.3) is 0 Å². The normalized spacial score (nSPS) is 11.7. The minimum atomic E-state index is -1.39. The van der Waals surface area contributed by atoms with Gasteiger partial charge in [-0.05, 0) is 22.8 Å². The smallest absolute Gasteiger partial charge is 0.280 e. The lowest BCUT2D eigenvalue weighted by molar-refractivity contribution is -0.385. The summed E-state index contributed by atoms with van der Waals surface area (Å²) in [5, 5.41) is 11.6. The van der Waals surface area contributed by atoms with Crippen LogP contribution in [0.15, 0.2) is 115 Å². The fourth-order valence-corrected chi connectivity index (χ4v) is 5.02. The zero-order valence-corrected chi connectivity index (χ0v) is 20.9. The van der Waals surface area contributed by atoms with Gasteiger partial charge in [0.25, 0.3) is 5.69 Å². The second-order valence-electron chi connectivity index (χ2n) is 8.87. The van der Waals surface area contributed by atoms with Gasteiger partial charge in [-0.15, -0.1) is 0 Å². The number of Topliss-reactive ketones (excluding diaryl/α,β-unsaturated/α-hetero) is 1. The van der Waals surface area contributed by atoms with Crippen LogP contribution in [0.5, 0.6) is 0 Å². The van der Waals surface area contributed by atoms with Crippen molar-refractivity contribution < 1.29 is 19.2 Å². The number of benzene rings is 4. The van der Waals surface area contributed by atoms with Gasteiger partial charge in [0, 0.05) is 26.7 Å². The fraction of sp³-hybridized carbons (Fsp3) is 0.194. The summed E-state index contributed by atoms with van der Waals surface area (Å²) in [7, 11) is 3.00. The summed E-state index contributed by atoms with van der Waals surface area (Å²) < 4.78 is 12.0. The predicted octanol–water partition coefficient (Wildman–Crippen LogP) is 6.58. The maximum atomic E-state index is 13.5. The number of nitrogens with zero attached hydrogens (tertiary/aromatic N) is 1. The van der Waals surface area contributed by atoms with E-state index in [4.69, 9.17) is 9.47 Å². The molecule has 6 heteroatoms. The summed E-state index contributed by atoms with van der Waals surface area (Å²) in [4.78, 5) is 24.6. The molecule has 0 aliphatic carbocycles. The van der Waals surface area contributed by atoms with Crippen LogP contribution in [0.3, 0.4) is 0 Å². The van der Waals surface area contributed by atoms with E-state index < -0.39 is 21.9 Å². The number of hydrogen-bond acceptors (Lipinski definition) is 5. The average molecular weight is 496 g/mol. The number of hydrogen-bond donors (Lipinski definition) is 0. The van der Waals surface area contributed by atoms with Crippen LogP contribution in [0, 0.1) is 10.1 Å². The summed E-state index contributed by atoms with van der Waals surface area (Å²) in [6, 6.07) is 36.1. The average Bonchev–Trinajstić information content (AvgIpc) is 2.96. The monoisotopic (exact) mass is 495 g/mol. The van der Waals surface area contributed by atoms with Crippen LogP contribution in [-0.4, -0.2) is 30.7 Å². The highest BCUT2D eigenvalue weighted by Gasteiger charge is 2.47. The Kier molecular flexibility index (Phi) is 7.92. The van der Waals surface area contributed by atoms with Crippen LogP contribution in [0.4, 0.5) is 5.69 Å². The summed E-state index contributed by atoms with van der Waals surface area (Å²) in [5.41, 5.74) is 2.04. The zero-order valence-electron chi connectivity index (χ0n) is 20.9. The van der Waals surface area contributed by atoms with E-state index in [2.05, 4.69) is 36.4 Å². The minimum Gasteiger partial charge on any atom is -0.353 e. The Morgan fingerprint density at radius 3 is 1.51 bits per heavy atom. The number of ether oxygens (including phenoxy) is 2. The van der Waals surface area contributed by atoms with Gasteiger partial charge in [0.2, 0.25) is 0 Å². The van der Waals surface area contributed by atoms with Crippen LogP contribution in [0.2, 0.25) is 0 Å².